The molecule has 0 aromatic rings. The molecule has 0 aliphatic heterocycles. The van der Waals surface area contributed by atoms with Gasteiger partial charge in [0.1, 0.15) is 0 Å². The van der Waals surface area contributed by atoms with Crippen LogP contribution < -0.4 is 5.32 Å². The van der Waals surface area contributed by atoms with Gasteiger partial charge in [0.2, 0.25) is 0 Å². The number of Topliss-reactive ketones (excluding diaryl/α,β-unsaturated/α-hetero) is 1. The first-order valence-corrected chi connectivity index (χ1v) is 5.50. The van der Waals surface area contributed by atoms with Crippen molar-refractivity contribution >= 4 is 18.2 Å². The van der Waals surface area contributed by atoms with Crippen LogP contribution in [0, 0.1) is 12.3 Å². The quantitative estimate of drug-likeness (QED) is 0.750. The van der Waals surface area contributed by atoms with Crippen molar-refractivity contribution in [2.24, 2.45) is 0 Å². The van der Waals surface area contributed by atoms with E-state index < -0.39 is 0 Å². The summed E-state index contributed by atoms with van der Waals surface area (Å²) in [4.78, 5) is 11.7. The third-order valence-electron chi connectivity index (χ3n) is 2.68. The summed E-state index contributed by atoms with van der Waals surface area (Å²) < 4.78 is 0. The highest BCUT2D eigenvalue weighted by atomic mass is 35.5. The van der Waals surface area contributed by atoms with E-state index in [1.165, 1.54) is 0 Å². The molecular weight excluding hydrogens is 222 g/mol. The maximum atomic E-state index is 11.7. The second-order valence-electron chi connectivity index (χ2n) is 4.49. The topological polar surface area (TPSA) is 29.1 Å². The number of terminal acetylenes is 1. The zero-order valence-electron chi connectivity index (χ0n) is 10.0. The van der Waals surface area contributed by atoms with Gasteiger partial charge in [-0.3, -0.25) is 4.79 Å². The zero-order valence-corrected chi connectivity index (χ0v) is 10.8. The Morgan fingerprint density at radius 2 is 2.31 bits per heavy atom. The predicted molar refractivity (Wildman–Crippen MR) is 69.7 cm³/mol. The molecule has 0 unspecified atom stereocenters. The van der Waals surface area contributed by atoms with Crippen molar-refractivity contribution in [2.45, 2.75) is 45.1 Å². The van der Waals surface area contributed by atoms with Gasteiger partial charge in [0.15, 0.2) is 5.78 Å². The summed E-state index contributed by atoms with van der Waals surface area (Å²) in [6.07, 6.45) is 11.1. The third kappa shape index (κ3) is 4.83. The number of rotatable bonds is 5. The lowest BCUT2D eigenvalue weighted by Gasteiger charge is -2.19. The van der Waals surface area contributed by atoms with Crippen LogP contribution in [-0.4, -0.2) is 17.9 Å². The SMILES string of the molecule is C#CC(C)(C)NCCC(=O)C1=CCCC1.Cl. The first-order valence-electron chi connectivity index (χ1n) is 5.50. The van der Waals surface area contributed by atoms with Crippen LogP contribution in [0.1, 0.15) is 39.5 Å². The fraction of sp³-hybridized carbons (Fsp3) is 0.615. The van der Waals surface area contributed by atoms with Crippen molar-refractivity contribution in [1.82, 2.24) is 5.32 Å². The Kier molecular flexibility index (Phi) is 6.40. The maximum absolute atomic E-state index is 11.7. The van der Waals surface area contributed by atoms with Crippen molar-refractivity contribution in [3.05, 3.63) is 11.6 Å². The molecule has 0 saturated heterocycles. The molecule has 3 heteroatoms. The van der Waals surface area contributed by atoms with Crippen LogP contribution >= 0.6 is 12.4 Å². The molecule has 1 N–H and O–H groups in total. The fourth-order valence-electron chi connectivity index (χ4n) is 1.62. The Hall–Kier alpha value is -0.780. The molecule has 0 radical (unpaired) electrons. The van der Waals surface area contributed by atoms with Gasteiger partial charge in [-0.15, -0.1) is 18.8 Å². The van der Waals surface area contributed by atoms with Gasteiger partial charge >= 0.3 is 0 Å². The Balaban J connectivity index is 0.00000225. The van der Waals surface area contributed by atoms with E-state index in [9.17, 15) is 4.79 Å². The Morgan fingerprint density at radius 1 is 1.62 bits per heavy atom. The van der Waals surface area contributed by atoms with E-state index in [1.807, 2.05) is 13.8 Å². The fourth-order valence-corrected chi connectivity index (χ4v) is 1.62. The molecule has 0 fully saturated rings. The number of carbonyl (C=O) groups excluding carboxylic acids is 1. The number of nitrogens with one attached hydrogen (secondary N) is 1. The molecule has 0 bridgehead atoms. The second-order valence-corrected chi connectivity index (χ2v) is 4.49. The number of halogens is 1. The van der Waals surface area contributed by atoms with Crippen molar-refractivity contribution in [3.8, 4) is 12.3 Å². The molecule has 0 spiro atoms. The molecule has 1 aliphatic rings. The highest BCUT2D eigenvalue weighted by Gasteiger charge is 2.15. The molecule has 0 atom stereocenters. The van der Waals surface area contributed by atoms with Crippen LogP contribution in [-0.2, 0) is 4.79 Å². The minimum absolute atomic E-state index is 0. The van der Waals surface area contributed by atoms with Crippen LogP contribution in [0.5, 0.6) is 0 Å². The summed E-state index contributed by atoms with van der Waals surface area (Å²) in [6, 6.07) is 0. The highest BCUT2D eigenvalue weighted by Crippen LogP contribution is 2.19. The summed E-state index contributed by atoms with van der Waals surface area (Å²) >= 11 is 0. The van der Waals surface area contributed by atoms with E-state index in [0.717, 1.165) is 24.8 Å². The summed E-state index contributed by atoms with van der Waals surface area (Å²) in [6.45, 7) is 4.53. The van der Waals surface area contributed by atoms with E-state index in [1.54, 1.807) is 0 Å². The van der Waals surface area contributed by atoms with Gasteiger partial charge in [-0.2, -0.15) is 0 Å². The van der Waals surface area contributed by atoms with Crippen molar-refractivity contribution in [3.63, 3.8) is 0 Å². The number of carbonyl (C=O) groups is 1. The van der Waals surface area contributed by atoms with Gasteiger partial charge < -0.3 is 5.32 Å². The van der Waals surface area contributed by atoms with E-state index in [-0.39, 0.29) is 23.7 Å². The number of hydrogen-bond donors (Lipinski definition) is 1. The van der Waals surface area contributed by atoms with Gasteiger partial charge in [0.05, 0.1) is 5.54 Å². The van der Waals surface area contributed by atoms with Gasteiger partial charge in [-0.25, -0.2) is 0 Å². The van der Waals surface area contributed by atoms with E-state index >= 15 is 0 Å². The highest BCUT2D eigenvalue weighted by molar-refractivity contribution is 5.95. The summed E-state index contributed by atoms with van der Waals surface area (Å²) in [5.41, 5.74) is 0.694. The molecule has 1 aliphatic carbocycles. The zero-order chi connectivity index (χ0) is 11.3. The molecule has 16 heavy (non-hydrogen) atoms. The predicted octanol–water partition coefficient (Wildman–Crippen LogP) is 2.48. The number of ketones is 1. The van der Waals surface area contributed by atoms with Crippen LogP contribution in [0.2, 0.25) is 0 Å². The minimum Gasteiger partial charge on any atom is -0.301 e. The molecule has 0 heterocycles. The summed E-state index contributed by atoms with van der Waals surface area (Å²) in [5, 5.41) is 3.18. The molecule has 1 rings (SSSR count). The second kappa shape index (κ2) is 6.73. The third-order valence-corrected chi connectivity index (χ3v) is 2.68. The molecule has 0 aromatic heterocycles. The van der Waals surface area contributed by atoms with E-state index in [2.05, 4.69) is 17.3 Å². The first-order chi connectivity index (χ1) is 7.05. The number of allylic oxidation sites excluding steroid dienone is 2. The van der Waals surface area contributed by atoms with Gasteiger partial charge in [0.25, 0.3) is 0 Å². The van der Waals surface area contributed by atoms with E-state index in [4.69, 9.17) is 6.42 Å². The Labute approximate surface area is 104 Å². The van der Waals surface area contributed by atoms with Gasteiger partial charge in [-0.1, -0.05) is 12.0 Å². The lowest BCUT2D eigenvalue weighted by Crippen LogP contribution is -2.38. The van der Waals surface area contributed by atoms with E-state index in [0.29, 0.717) is 13.0 Å². The monoisotopic (exact) mass is 241 g/mol. The average Bonchev–Trinajstić information content (AvgIpc) is 2.70. The molecule has 0 amide bonds. The van der Waals surface area contributed by atoms with Crippen LogP contribution in [0.3, 0.4) is 0 Å². The Morgan fingerprint density at radius 3 is 2.81 bits per heavy atom. The average molecular weight is 242 g/mol. The number of hydrogen-bond acceptors (Lipinski definition) is 2. The maximum Gasteiger partial charge on any atom is 0.159 e. The lowest BCUT2D eigenvalue weighted by molar-refractivity contribution is -0.115. The van der Waals surface area contributed by atoms with Gasteiger partial charge in [-0.05, 0) is 38.7 Å². The lowest BCUT2D eigenvalue weighted by atomic mass is 10.1. The van der Waals surface area contributed by atoms with Crippen molar-refractivity contribution in [1.29, 1.82) is 0 Å². The summed E-state index contributed by atoms with van der Waals surface area (Å²) in [7, 11) is 0. The molecular formula is C13H20ClNO. The molecule has 90 valence electrons. The summed E-state index contributed by atoms with van der Waals surface area (Å²) in [5.74, 6) is 2.92. The molecule has 0 saturated carbocycles. The standard InChI is InChI=1S/C13H19NO.ClH/c1-4-13(2,3)14-10-9-12(15)11-7-5-6-8-11;/h1,7,14H,5-6,8-10H2,2-3H3;1H. The molecule has 2 nitrogen and oxygen atoms in total. The van der Waals surface area contributed by atoms with Crippen molar-refractivity contribution in [2.75, 3.05) is 6.54 Å². The first kappa shape index (κ1) is 15.2. The van der Waals surface area contributed by atoms with Crippen LogP contribution in [0.25, 0.3) is 0 Å². The smallest absolute Gasteiger partial charge is 0.159 e. The minimum atomic E-state index is -0.315. The van der Waals surface area contributed by atoms with Crippen molar-refractivity contribution < 1.29 is 4.79 Å². The Bertz CT molecular complexity index is 312. The van der Waals surface area contributed by atoms with Crippen LogP contribution in [0.4, 0.5) is 0 Å². The van der Waals surface area contributed by atoms with Gasteiger partial charge in [0, 0.05) is 13.0 Å². The normalized spacial score (nSPS) is 14.9. The largest absolute Gasteiger partial charge is 0.301 e. The van der Waals surface area contributed by atoms with Crippen LogP contribution in [0.15, 0.2) is 11.6 Å². The molecule has 0 aromatic carbocycles.